The van der Waals surface area contributed by atoms with Gasteiger partial charge < -0.3 is 5.11 Å². The van der Waals surface area contributed by atoms with E-state index in [9.17, 15) is 13.5 Å². The molecule has 0 bridgehead atoms. The van der Waals surface area contributed by atoms with Gasteiger partial charge in [0.25, 0.3) is 10.0 Å². The number of phenols is 1. The fourth-order valence-electron chi connectivity index (χ4n) is 1.42. The topological polar surface area (TPSA) is 83.4 Å². The molecule has 1 aromatic heterocycles. The van der Waals surface area contributed by atoms with Gasteiger partial charge in [-0.05, 0) is 23.7 Å². The number of halogens is 1. The number of hydrogen-bond acceptors (Lipinski definition) is 5. The van der Waals surface area contributed by atoms with Crippen LogP contribution in [0.5, 0.6) is 5.75 Å². The number of aromatic hydroxyl groups is 1. The molecule has 0 saturated carbocycles. The molecule has 0 spiro atoms. The highest BCUT2D eigenvalue weighted by molar-refractivity contribution is 7.92. The third kappa shape index (κ3) is 2.77. The predicted octanol–water partition coefficient (Wildman–Crippen LogP) is 1.66. The molecule has 0 atom stereocenters. The summed E-state index contributed by atoms with van der Waals surface area (Å²) >= 11 is 5.52. The molecule has 1 heterocycles. The quantitative estimate of drug-likeness (QED) is 0.872. The lowest BCUT2D eigenvalue weighted by Crippen LogP contribution is -2.26. The summed E-state index contributed by atoms with van der Waals surface area (Å²) in [4.78, 5) is 7.20. The van der Waals surface area contributed by atoms with Gasteiger partial charge in [0.1, 0.15) is 10.6 Å². The second-order valence-corrected chi connectivity index (χ2v) is 5.99. The minimum Gasteiger partial charge on any atom is -0.508 e. The number of aromatic nitrogens is 2. The third-order valence-corrected chi connectivity index (χ3v) is 4.38. The molecule has 0 saturated heterocycles. The van der Waals surface area contributed by atoms with Crippen LogP contribution >= 0.6 is 11.6 Å². The highest BCUT2D eigenvalue weighted by Gasteiger charge is 2.22. The lowest BCUT2D eigenvalue weighted by atomic mass is 10.3. The van der Waals surface area contributed by atoms with Gasteiger partial charge in [0.2, 0.25) is 5.28 Å². The van der Waals surface area contributed by atoms with Crippen molar-refractivity contribution in [1.29, 1.82) is 0 Å². The molecule has 0 aliphatic rings. The van der Waals surface area contributed by atoms with Crippen molar-refractivity contribution in [2.75, 3.05) is 11.4 Å². The molecule has 0 aliphatic heterocycles. The van der Waals surface area contributed by atoms with Crippen molar-refractivity contribution in [3.05, 3.63) is 41.9 Å². The summed E-state index contributed by atoms with van der Waals surface area (Å²) in [6.45, 7) is 0. The molecule has 1 aromatic carbocycles. The average Bonchev–Trinajstić information content (AvgIpc) is 2.38. The normalized spacial score (nSPS) is 11.3. The van der Waals surface area contributed by atoms with Gasteiger partial charge in [-0.25, -0.2) is 18.4 Å². The summed E-state index contributed by atoms with van der Waals surface area (Å²) in [5, 5.41) is 9.34. The summed E-state index contributed by atoms with van der Waals surface area (Å²) < 4.78 is 25.6. The molecule has 2 aromatic rings. The molecule has 2 rings (SSSR count). The van der Waals surface area contributed by atoms with Crippen LogP contribution in [-0.2, 0) is 10.0 Å². The van der Waals surface area contributed by atoms with E-state index in [4.69, 9.17) is 11.6 Å². The maximum absolute atomic E-state index is 12.3. The Labute approximate surface area is 115 Å². The van der Waals surface area contributed by atoms with E-state index >= 15 is 0 Å². The van der Waals surface area contributed by atoms with Crippen molar-refractivity contribution in [3.63, 3.8) is 0 Å². The standard InChI is InChI=1S/C11H10ClN3O3S/c1-15(8-3-2-4-9(16)5-8)19(17,18)10-6-13-11(12)14-7-10/h2-7,16H,1H3. The van der Waals surface area contributed by atoms with E-state index in [1.807, 2.05) is 0 Å². The SMILES string of the molecule is CN(c1cccc(O)c1)S(=O)(=O)c1cnc(Cl)nc1. The fourth-order valence-corrected chi connectivity index (χ4v) is 2.60. The van der Waals surface area contributed by atoms with E-state index in [0.717, 1.165) is 16.7 Å². The number of nitrogens with zero attached hydrogens (tertiary/aromatic N) is 3. The van der Waals surface area contributed by atoms with Crippen molar-refractivity contribution in [2.24, 2.45) is 0 Å². The number of anilines is 1. The summed E-state index contributed by atoms with van der Waals surface area (Å²) in [5.41, 5.74) is 0.329. The molecule has 8 heteroatoms. The van der Waals surface area contributed by atoms with Crippen molar-refractivity contribution < 1.29 is 13.5 Å². The molecule has 0 fully saturated rings. The van der Waals surface area contributed by atoms with Crippen LogP contribution in [0.2, 0.25) is 5.28 Å². The Morgan fingerprint density at radius 1 is 1.26 bits per heavy atom. The number of phenolic OH excluding ortho intramolecular Hbond substituents is 1. The summed E-state index contributed by atoms with van der Waals surface area (Å²) in [6, 6.07) is 5.91. The molecule has 19 heavy (non-hydrogen) atoms. The van der Waals surface area contributed by atoms with Gasteiger partial charge >= 0.3 is 0 Å². The van der Waals surface area contributed by atoms with Crippen molar-refractivity contribution in [3.8, 4) is 5.75 Å². The van der Waals surface area contributed by atoms with Gasteiger partial charge in [-0.15, -0.1) is 0 Å². The van der Waals surface area contributed by atoms with Gasteiger partial charge in [0, 0.05) is 13.1 Å². The molecule has 0 amide bonds. The molecule has 100 valence electrons. The minimum atomic E-state index is -3.79. The van der Waals surface area contributed by atoms with Gasteiger partial charge in [0.15, 0.2) is 0 Å². The summed E-state index contributed by atoms with van der Waals surface area (Å²) in [7, 11) is -2.41. The molecule has 0 unspecified atom stereocenters. The lowest BCUT2D eigenvalue weighted by molar-refractivity contribution is 0.475. The van der Waals surface area contributed by atoms with E-state index in [1.165, 1.54) is 19.2 Å². The van der Waals surface area contributed by atoms with Gasteiger partial charge in [-0.2, -0.15) is 0 Å². The van der Waals surface area contributed by atoms with E-state index in [0.29, 0.717) is 5.69 Å². The predicted molar refractivity (Wildman–Crippen MR) is 70.7 cm³/mol. The van der Waals surface area contributed by atoms with Crippen LogP contribution in [0.25, 0.3) is 0 Å². The van der Waals surface area contributed by atoms with Crippen molar-refractivity contribution in [2.45, 2.75) is 4.90 Å². The molecule has 0 aliphatic carbocycles. The van der Waals surface area contributed by atoms with Gasteiger partial charge in [-0.1, -0.05) is 6.07 Å². The summed E-state index contributed by atoms with van der Waals surface area (Å²) in [6.07, 6.45) is 2.26. The van der Waals surface area contributed by atoms with Crippen LogP contribution < -0.4 is 4.31 Å². The Bertz CT molecular complexity index is 689. The molecule has 0 radical (unpaired) electrons. The average molecular weight is 300 g/mol. The second kappa shape index (κ2) is 5.02. The molecule has 6 nitrogen and oxygen atoms in total. The maximum Gasteiger partial charge on any atom is 0.267 e. The van der Waals surface area contributed by atoms with E-state index in [2.05, 4.69) is 9.97 Å². The first kappa shape index (κ1) is 13.6. The third-order valence-electron chi connectivity index (χ3n) is 2.45. The highest BCUT2D eigenvalue weighted by Crippen LogP contribution is 2.24. The van der Waals surface area contributed by atoms with Crippen LogP contribution in [0, 0.1) is 0 Å². The zero-order valence-electron chi connectivity index (χ0n) is 9.86. The van der Waals surface area contributed by atoms with Gasteiger partial charge in [-0.3, -0.25) is 4.31 Å². The summed E-state index contributed by atoms with van der Waals surface area (Å²) in [5.74, 6) is -0.0214. The van der Waals surface area contributed by atoms with Crippen LogP contribution in [0.4, 0.5) is 5.69 Å². The van der Waals surface area contributed by atoms with Crippen LogP contribution in [0.3, 0.4) is 0 Å². The Kier molecular flexibility index (Phi) is 3.59. The molecular weight excluding hydrogens is 290 g/mol. The largest absolute Gasteiger partial charge is 0.508 e. The van der Waals surface area contributed by atoms with Crippen molar-refractivity contribution >= 4 is 27.3 Å². The number of benzene rings is 1. The monoisotopic (exact) mass is 299 g/mol. The van der Waals surface area contributed by atoms with Crippen LogP contribution in [-0.4, -0.2) is 30.5 Å². The lowest BCUT2D eigenvalue weighted by Gasteiger charge is -2.19. The Morgan fingerprint density at radius 2 is 1.89 bits per heavy atom. The van der Waals surface area contributed by atoms with Gasteiger partial charge in [0.05, 0.1) is 18.1 Å². The smallest absolute Gasteiger partial charge is 0.267 e. The zero-order valence-corrected chi connectivity index (χ0v) is 11.4. The number of rotatable bonds is 3. The Hall–Kier alpha value is -1.86. The first-order chi connectivity index (χ1) is 8.91. The van der Waals surface area contributed by atoms with E-state index in [-0.39, 0.29) is 15.9 Å². The zero-order chi connectivity index (χ0) is 14.0. The number of hydrogen-bond donors (Lipinski definition) is 1. The number of sulfonamides is 1. The minimum absolute atomic E-state index is 0.0214. The Morgan fingerprint density at radius 3 is 2.47 bits per heavy atom. The fraction of sp³-hybridized carbons (Fsp3) is 0.0909. The first-order valence-electron chi connectivity index (χ1n) is 5.17. The molecular formula is C11H10ClN3O3S. The highest BCUT2D eigenvalue weighted by atomic mass is 35.5. The van der Waals surface area contributed by atoms with E-state index in [1.54, 1.807) is 12.1 Å². The van der Waals surface area contributed by atoms with Crippen LogP contribution in [0.1, 0.15) is 0 Å². The molecule has 1 N–H and O–H groups in total. The van der Waals surface area contributed by atoms with Crippen molar-refractivity contribution in [1.82, 2.24) is 9.97 Å². The Balaban J connectivity index is 2.42. The van der Waals surface area contributed by atoms with Crippen LogP contribution in [0.15, 0.2) is 41.6 Å². The van der Waals surface area contributed by atoms with E-state index < -0.39 is 10.0 Å². The second-order valence-electron chi connectivity index (χ2n) is 3.68. The first-order valence-corrected chi connectivity index (χ1v) is 6.98. The maximum atomic E-state index is 12.3.